The van der Waals surface area contributed by atoms with Gasteiger partial charge >= 0.3 is 5.97 Å². The van der Waals surface area contributed by atoms with E-state index in [-0.39, 0.29) is 18.7 Å². The molecule has 1 fully saturated rings. The summed E-state index contributed by atoms with van der Waals surface area (Å²) < 4.78 is 14.0. The number of hydrogen-bond donors (Lipinski definition) is 2. The largest absolute Gasteiger partial charge is 0.478 e. The van der Waals surface area contributed by atoms with E-state index in [2.05, 4.69) is 0 Å². The molecule has 0 saturated carbocycles. The van der Waals surface area contributed by atoms with Crippen LogP contribution in [-0.4, -0.2) is 29.4 Å². The number of nitrogens with zero attached hydrogens (tertiary/aromatic N) is 1. The molecular formula is C12H11FN2O4. The van der Waals surface area contributed by atoms with Gasteiger partial charge in [0.2, 0.25) is 11.8 Å². The molecule has 7 heteroatoms. The Kier molecular flexibility index (Phi) is 3.20. The topological polar surface area (TPSA) is 101 Å². The number of aromatic carboxylic acids is 1. The average molecular weight is 266 g/mol. The van der Waals surface area contributed by atoms with Crippen molar-refractivity contribution in [3.8, 4) is 0 Å². The first-order chi connectivity index (χ1) is 8.91. The van der Waals surface area contributed by atoms with Crippen molar-refractivity contribution in [1.82, 2.24) is 0 Å². The molecule has 1 heterocycles. The molecule has 0 aliphatic carbocycles. The molecule has 1 saturated heterocycles. The van der Waals surface area contributed by atoms with Crippen LogP contribution in [0.1, 0.15) is 16.8 Å². The summed E-state index contributed by atoms with van der Waals surface area (Å²) in [6, 6.07) is 3.74. The predicted octanol–water partition coefficient (Wildman–Crippen LogP) is 0.362. The molecule has 0 radical (unpaired) electrons. The summed E-state index contributed by atoms with van der Waals surface area (Å²) in [5.74, 6) is -4.18. The lowest BCUT2D eigenvalue weighted by molar-refractivity contribution is -0.123. The number of carbonyl (C=O) groups excluding carboxylic acids is 2. The lowest BCUT2D eigenvalue weighted by Gasteiger charge is -2.17. The van der Waals surface area contributed by atoms with E-state index in [4.69, 9.17) is 10.8 Å². The number of primary amides is 1. The Morgan fingerprint density at radius 1 is 1.42 bits per heavy atom. The van der Waals surface area contributed by atoms with Crippen molar-refractivity contribution in [1.29, 1.82) is 0 Å². The van der Waals surface area contributed by atoms with Gasteiger partial charge in [-0.15, -0.1) is 0 Å². The highest BCUT2D eigenvalue weighted by atomic mass is 19.1. The number of amides is 2. The molecule has 3 N–H and O–H groups in total. The van der Waals surface area contributed by atoms with Gasteiger partial charge in [0.05, 0.1) is 17.2 Å². The molecule has 100 valence electrons. The molecule has 0 bridgehead atoms. The molecule has 1 unspecified atom stereocenters. The number of halogens is 1. The number of hydrogen-bond acceptors (Lipinski definition) is 3. The number of carboxylic acids is 1. The molecule has 19 heavy (non-hydrogen) atoms. The quantitative estimate of drug-likeness (QED) is 0.824. The summed E-state index contributed by atoms with van der Waals surface area (Å²) >= 11 is 0. The number of carbonyl (C=O) groups is 3. The molecule has 0 spiro atoms. The summed E-state index contributed by atoms with van der Waals surface area (Å²) in [4.78, 5) is 34.6. The monoisotopic (exact) mass is 266 g/mol. The van der Waals surface area contributed by atoms with Crippen LogP contribution in [0.25, 0.3) is 0 Å². The van der Waals surface area contributed by atoms with Gasteiger partial charge < -0.3 is 15.7 Å². The van der Waals surface area contributed by atoms with Gasteiger partial charge in [-0.25, -0.2) is 9.18 Å². The van der Waals surface area contributed by atoms with Crippen LogP contribution >= 0.6 is 0 Å². The van der Waals surface area contributed by atoms with Crippen molar-refractivity contribution >= 4 is 23.5 Å². The first-order valence-electron chi connectivity index (χ1n) is 5.53. The third kappa shape index (κ3) is 2.26. The van der Waals surface area contributed by atoms with Gasteiger partial charge in [-0.1, -0.05) is 6.07 Å². The van der Waals surface area contributed by atoms with E-state index in [0.29, 0.717) is 0 Å². The fourth-order valence-electron chi connectivity index (χ4n) is 2.02. The molecule has 1 aliphatic rings. The SMILES string of the molecule is NC(=O)C1CC(=O)N(c2cccc(C(=O)O)c2F)C1. The summed E-state index contributed by atoms with van der Waals surface area (Å²) in [6.07, 6.45) is -0.0912. The molecule has 2 rings (SSSR count). The van der Waals surface area contributed by atoms with E-state index in [1.165, 1.54) is 12.1 Å². The lowest BCUT2D eigenvalue weighted by atomic mass is 10.1. The summed E-state index contributed by atoms with van der Waals surface area (Å²) in [5.41, 5.74) is 4.45. The summed E-state index contributed by atoms with van der Waals surface area (Å²) in [6.45, 7) is -0.0336. The van der Waals surface area contributed by atoms with Crippen molar-refractivity contribution < 1.29 is 23.9 Å². The van der Waals surface area contributed by atoms with Gasteiger partial charge in [0.1, 0.15) is 0 Å². The first-order valence-corrected chi connectivity index (χ1v) is 5.53. The predicted molar refractivity (Wildman–Crippen MR) is 63.0 cm³/mol. The van der Waals surface area contributed by atoms with E-state index >= 15 is 0 Å². The maximum Gasteiger partial charge on any atom is 0.338 e. The van der Waals surface area contributed by atoms with Gasteiger partial charge in [0.25, 0.3) is 0 Å². The van der Waals surface area contributed by atoms with E-state index in [9.17, 15) is 18.8 Å². The van der Waals surface area contributed by atoms with Gasteiger partial charge in [-0.05, 0) is 12.1 Å². The van der Waals surface area contributed by atoms with Crippen molar-refractivity contribution in [3.05, 3.63) is 29.6 Å². The number of nitrogens with two attached hydrogens (primary N) is 1. The zero-order valence-electron chi connectivity index (χ0n) is 9.80. The number of carboxylic acid groups (broad SMARTS) is 1. The molecule has 2 amide bonds. The fourth-order valence-corrected chi connectivity index (χ4v) is 2.02. The summed E-state index contributed by atoms with van der Waals surface area (Å²) in [7, 11) is 0. The Bertz CT molecular complexity index is 573. The molecule has 1 aromatic carbocycles. The van der Waals surface area contributed by atoms with E-state index in [1.807, 2.05) is 0 Å². The van der Waals surface area contributed by atoms with E-state index in [1.54, 1.807) is 0 Å². The van der Waals surface area contributed by atoms with Gasteiger partial charge in [0.15, 0.2) is 5.82 Å². The number of rotatable bonds is 3. The highest BCUT2D eigenvalue weighted by Crippen LogP contribution is 2.28. The van der Waals surface area contributed by atoms with Crippen LogP contribution in [0.3, 0.4) is 0 Å². The molecule has 1 aliphatic heterocycles. The van der Waals surface area contributed by atoms with Crippen molar-refractivity contribution in [3.63, 3.8) is 0 Å². The Hall–Kier alpha value is -2.44. The molecule has 1 atom stereocenters. The van der Waals surface area contributed by atoms with Crippen LogP contribution in [0.15, 0.2) is 18.2 Å². The zero-order valence-corrected chi connectivity index (χ0v) is 9.80. The van der Waals surface area contributed by atoms with Crippen LogP contribution in [0.4, 0.5) is 10.1 Å². The third-order valence-electron chi connectivity index (χ3n) is 3.03. The minimum Gasteiger partial charge on any atom is -0.478 e. The van der Waals surface area contributed by atoms with Crippen molar-refractivity contribution in [2.45, 2.75) is 6.42 Å². The fraction of sp³-hybridized carbons (Fsp3) is 0.250. The standard InChI is InChI=1S/C12H11FN2O4/c13-10-7(12(18)19)2-1-3-8(10)15-5-6(11(14)17)4-9(15)16/h1-3,6H,4-5H2,(H2,14,17)(H,18,19). The normalized spacial score (nSPS) is 18.7. The van der Waals surface area contributed by atoms with Crippen LogP contribution in [0.5, 0.6) is 0 Å². The van der Waals surface area contributed by atoms with E-state index < -0.39 is 35.1 Å². The van der Waals surface area contributed by atoms with Gasteiger partial charge in [0, 0.05) is 13.0 Å². The maximum atomic E-state index is 14.0. The molecule has 1 aromatic rings. The van der Waals surface area contributed by atoms with Crippen LogP contribution in [0.2, 0.25) is 0 Å². The van der Waals surface area contributed by atoms with Crippen molar-refractivity contribution in [2.24, 2.45) is 11.7 Å². The molecule has 0 aromatic heterocycles. The lowest BCUT2D eigenvalue weighted by Crippen LogP contribution is -2.29. The third-order valence-corrected chi connectivity index (χ3v) is 3.03. The Morgan fingerprint density at radius 2 is 2.11 bits per heavy atom. The Morgan fingerprint density at radius 3 is 2.63 bits per heavy atom. The Labute approximate surface area is 107 Å². The second-order valence-electron chi connectivity index (χ2n) is 4.25. The van der Waals surface area contributed by atoms with Crippen molar-refractivity contribution in [2.75, 3.05) is 11.4 Å². The Balaban J connectivity index is 2.38. The zero-order chi connectivity index (χ0) is 14.2. The first kappa shape index (κ1) is 13.0. The van der Waals surface area contributed by atoms with Gasteiger partial charge in [-0.3, -0.25) is 9.59 Å². The number of benzene rings is 1. The van der Waals surface area contributed by atoms with Crippen LogP contribution in [0, 0.1) is 11.7 Å². The summed E-state index contributed by atoms with van der Waals surface area (Å²) in [5, 5.41) is 8.82. The van der Waals surface area contributed by atoms with Gasteiger partial charge in [-0.2, -0.15) is 0 Å². The van der Waals surface area contributed by atoms with Crippen LogP contribution < -0.4 is 10.6 Å². The number of anilines is 1. The maximum absolute atomic E-state index is 14.0. The smallest absolute Gasteiger partial charge is 0.338 e. The molecular weight excluding hydrogens is 255 g/mol. The average Bonchev–Trinajstić information content (AvgIpc) is 2.71. The van der Waals surface area contributed by atoms with Crippen LogP contribution in [-0.2, 0) is 9.59 Å². The second-order valence-corrected chi connectivity index (χ2v) is 4.25. The highest BCUT2D eigenvalue weighted by molar-refractivity contribution is 6.01. The molecule has 6 nitrogen and oxygen atoms in total. The second kappa shape index (κ2) is 4.68. The highest BCUT2D eigenvalue weighted by Gasteiger charge is 2.35. The van der Waals surface area contributed by atoms with E-state index in [0.717, 1.165) is 11.0 Å². The minimum atomic E-state index is -1.42. The minimum absolute atomic E-state index is 0.0336.